The zero-order valence-electron chi connectivity index (χ0n) is 14.6. The average Bonchev–Trinajstić information content (AvgIpc) is 2.99. The number of halogens is 1. The molecule has 0 aliphatic carbocycles. The first-order valence-corrected chi connectivity index (χ1v) is 9.70. The van der Waals surface area contributed by atoms with Crippen LogP contribution in [-0.2, 0) is 0 Å². The van der Waals surface area contributed by atoms with Crippen LogP contribution in [0, 0.1) is 0 Å². The Morgan fingerprint density at radius 1 is 1.25 bits per heavy atom. The van der Waals surface area contributed by atoms with E-state index in [1.54, 1.807) is 0 Å². The van der Waals surface area contributed by atoms with Crippen molar-refractivity contribution >= 4 is 55.7 Å². The molecule has 2 N–H and O–H groups in total. The molecule has 4 heterocycles. The number of thiophene rings is 1. The van der Waals surface area contributed by atoms with Crippen molar-refractivity contribution in [2.24, 2.45) is 0 Å². The molecule has 4 aromatic rings. The smallest absolute Gasteiger partial charge is 0.263 e. The van der Waals surface area contributed by atoms with Crippen molar-refractivity contribution in [1.29, 1.82) is 0 Å². The lowest BCUT2D eigenvalue weighted by atomic mass is 10.1. The Balaban J connectivity index is 1.62. The molecular formula is C18H13ClN6O2S. The van der Waals surface area contributed by atoms with E-state index in [2.05, 4.69) is 30.6 Å². The fourth-order valence-electron chi connectivity index (χ4n) is 3.10. The van der Waals surface area contributed by atoms with E-state index in [4.69, 9.17) is 16.3 Å². The number of rotatable bonds is 2. The van der Waals surface area contributed by atoms with Gasteiger partial charge < -0.3 is 15.4 Å². The monoisotopic (exact) mass is 412 g/mol. The van der Waals surface area contributed by atoms with Crippen LogP contribution in [0.15, 0.2) is 30.7 Å². The summed E-state index contributed by atoms with van der Waals surface area (Å²) < 4.78 is 6.61. The van der Waals surface area contributed by atoms with E-state index < -0.39 is 0 Å². The van der Waals surface area contributed by atoms with Crippen LogP contribution in [-0.4, -0.2) is 38.4 Å². The van der Waals surface area contributed by atoms with Crippen molar-refractivity contribution in [2.75, 3.05) is 11.9 Å². The van der Waals surface area contributed by atoms with Gasteiger partial charge >= 0.3 is 0 Å². The number of amides is 1. The molecule has 28 heavy (non-hydrogen) atoms. The number of nitrogens with one attached hydrogen (secondary N) is 2. The second-order valence-electron chi connectivity index (χ2n) is 6.36. The van der Waals surface area contributed by atoms with Gasteiger partial charge in [0.15, 0.2) is 0 Å². The predicted octanol–water partition coefficient (Wildman–Crippen LogP) is 3.62. The Kier molecular flexibility index (Phi) is 3.99. The Labute approximate surface area is 168 Å². The Hall–Kier alpha value is -3.04. The van der Waals surface area contributed by atoms with Gasteiger partial charge in [-0.3, -0.25) is 4.79 Å². The first-order chi connectivity index (χ1) is 13.6. The van der Waals surface area contributed by atoms with E-state index in [9.17, 15) is 4.79 Å². The fraction of sp³-hybridized carbons (Fsp3) is 0.167. The zero-order chi connectivity index (χ0) is 19.3. The van der Waals surface area contributed by atoms with E-state index >= 15 is 0 Å². The molecule has 1 aromatic carbocycles. The molecule has 1 amide bonds. The highest BCUT2D eigenvalue weighted by Gasteiger charge is 2.25. The molecule has 3 aromatic heterocycles. The number of nitrogens with zero attached hydrogens (tertiary/aromatic N) is 4. The number of hydrogen-bond donors (Lipinski definition) is 2. The number of aromatic nitrogens is 4. The molecule has 1 aliphatic heterocycles. The minimum absolute atomic E-state index is 0.0444. The van der Waals surface area contributed by atoms with Gasteiger partial charge in [0.1, 0.15) is 16.4 Å². The number of carbonyl (C=O) groups is 1. The second kappa shape index (κ2) is 6.54. The van der Waals surface area contributed by atoms with E-state index in [-0.39, 0.29) is 23.0 Å². The molecule has 1 atom stereocenters. The number of fused-ring (bicyclic) bond motifs is 5. The first-order valence-electron chi connectivity index (χ1n) is 8.51. The van der Waals surface area contributed by atoms with E-state index in [1.165, 1.54) is 29.9 Å². The highest BCUT2D eigenvalue weighted by atomic mass is 35.5. The molecule has 0 saturated heterocycles. The molecule has 0 radical (unpaired) electrons. The molecule has 8 nitrogen and oxygen atoms in total. The molecule has 0 bridgehead atoms. The maximum absolute atomic E-state index is 12.5. The highest BCUT2D eigenvalue weighted by Crippen LogP contribution is 2.40. The van der Waals surface area contributed by atoms with Crippen LogP contribution < -0.4 is 15.4 Å². The van der Waals surface area contributed by atoms with Crippen molar-refractivity contribution in [1.82, 2.24) is 25.3 Å². The Morgan fingerprint density at radius 3 is 3.00 bits per heavy atom. The maximum Gasteiger partial charge on any atom is 0.263 e. The summed E-state index contributed by atoms with van der Waals surface area (Å²) in [7, 11) is 0. The van der Waals surface area contributed by atoms with Crippen molar-refractivity contribution in [3.05, 3.63) is 40.8 Å². The maximum atomic E-state index is 12.5. The molecule has 0 spiro atoms. The molecule has 5 rings (SSSR count). The fourth-order valence-corrected chi connectivity index (χ4v) is 4.33. The lowest BCUT2D eigenvalue weighted by Gasteiger charge is -2.10. The summed E-state index contributed by atoms with van der Waals surface area (Å²) >= 11 is 7.30. The first kappa shape index (κ1) is 17.1. The van der Waals surface area contributed by atoms with Gasteiger partial charge in [0.25, 0.3) is 5.91 Å². The van der Waals surface area contributed by atoms with Gasteiger partial charge in [-0.25, -0.2) is 19.9 Å². The van der Waals surface area contributed by atoms with Crippen molar-refractivity contribution < 1.29 is 9.53 Å². The van der Waals surface area contributed by atoms with Crippen LogP contribution in [0.25, 0.3) is 21.1 Å². The summed E-state index contributed by atoms with van der Waals surface area (Å²) in [5.74, 6) is 0.504. The third-order valence-corrected chi connectivity index (χ3v) is 5.69. The topological polar surface area (TPSA) is 102 Å². The van der Waals surface area contributed by atoms with Crippen LogP contribution in [0.5, 0.6) is 11.8 Å². The van der Waals surface area contributed by atoms with Gasteiger partial charge in [0.2, 0.25) is 11.8 Å². The number of carbonyl (C=O) groups excluding carboxylic acids is 1. The van der Waals surface area contributed by atoms with Gasteiger partial charge in [0.05, 0.1) is 22.9 Å². The number of ether oxygens (including phenoxy) is 1. The molecule has 10 heteroatoms. The summed E-state index contributed by atoms with van der Waals surface area (Å²) in [5, 5.41) is 7.53. The summed E-state index contributed by atoms with van der Waals surface area (Å²) in [4.78, 5) is 30.0. The normalized spacial score (nSPS) is 16.4. The van der Waals surface area contributed by atoms with E-state index in [0.29, 0.717) is 28.3 Å². The van der Waals surface area contributed by atoms with Gasteiger partial charge in [-0.1, -0.05) is 11.6 Å². The van der Waals surface area contributed by atoms with Crippen LogP contribution in [0.2, 0.25) is 5.15 Å². The van der Waals surface area contributed by atoms with Gasteiger partial charge in [-0.15, -0.1) is 11.3 Å². The third-order valence-electron chi connectivity index (χ3n) is 4.33. The second-order valence-corrected chi connectivity index (χ2v) is 7.80. The van der Waals surface area contributed by atoms with Crippen molar-refractivity contribution in [3.8, 4) is 11.8 Å². The van der Waals surface area contributed by atoms with Gasteiger partial charge in [-0.2, -0.15) is 0 Å². The summed E-state index contributed by atoms with van der Waals surface area (Å²) in [5.41, 5.74) is 2.17. The van der Waals surface area contributed by atoms with Gasteiger partial charge in [0, 0.05) is 28.7 Å². The lowest BCUT2D eigenvalue weighted by Crippen LogP contribution is -2.34. The molecule has 0 saturated carbocycles. The zero-order valence-corrected chi connectivity index (χ0v) is 16.1. The van der Waals surface area contributed by atoms with Crippen LogP contribution >= 0.6 is 22.9 Å². The number of anilines is 1. The van der Waals surface area contributed by atoms with Crippen molar-refractivity contribution in [3.63, 3.8) is 0 Å². The standard InChI is InChI=1S/C18H13ClN6O2S/c1-8-5-20-16-14-10(28-17(16)18(26)24-8)3-2-9-15(14)21-6-13(25-9)27-12-4-11(19)22-7-23-12/h2-4,6-8,20H,5H2,1H3,(H,24,26)/t8-/m1/s1. The average molecular weight is 413 g/mol. The lowest BCUT2D eigenvalue weighted by molar-refractivity contribution is 0.0949. The van der Waals surface area contributed by atoms with E-state index in [1.807, 2.05) is 19.1 Å². The quantitative estimate of drug-likeness (QED) is 0.485. The Bertz CT molecular complexity index is 1240. The van der Waals surface area contributed by atoms with Crippen LogP contribution in [0.1, 0.15) is 16.6 Å². The van der Waals surface area contributed by atoms with E-state index in [0.717, 1.165) is 15.8 Å². The third kappa shape index (κ3) is 2.88. The molecule has 0 fully saturated rings. The van der Waals surface area contributed by atoms with Crippen LogP contribution in [0.4, 0.5) is 5.69 Å². The Morgan fingerprint density at radius 2 is 2.14 bits per heavy atom. The minimum Gasteiger partial charge on any atom is -0.419 e. The highest BCUT2D eigenvalue weighted by molar-refractivity contribution is 7.21. The predicted molar refractivity (Wildman–Crippen MR) is 107 cm³/mol. The SMILES string of the molecule is C[C@@H]1CNc2c(sc3ccc4nc(Oc5cc(Cl)ncn5)cnc4c23)C(=O)N1. The molecule has 0 unspecified atom stereocenters. The molecule has 140 valence electrons. The number of benzene rings is 1. The largest absolute Gasteiger partial charge is 0.419 e. The van der Waals surface area contributed by atoms with Crippen molar-refractivity contribution in [2.45, 2.75) is 13.0 Å². The van der Waals surface area contributed by atoms with Crippen LogP contribution in [0.3, 0.4) is 0 Å². The van der Waals surface area contributed by atoms with Gasteiger partial charge in [-0.05, 0) is 19.1 Å². The summed E-state index contributed by atoms with van der Waals surface area (Å²) in [6, 6.07) is 5.35. The summed E-state index contributed by atoms with van der Waals surface area (Å²) in [6.07, 6.45) is 2.84. The minimum atomic E-state index is -0.0737. The number of hydrogen-bond acceptors (Lipinski definition) is 8. The summed E-state index contributed by atoms with van der Waals surface area (Å²) in [6.45, 7) is 2.61. The molecular weight excluding hydrogens is 400 g/mol. The molecule has 1 aliphatic rings.